The predicted octanol–water partition coefficient (Wildman–Crippen LogP) is 4.88. The van der Waals surface area contributed by atoms with Gasteiger partial charge in [0.05, 0.1) is 17.8 Å². The van der Waals surface area contributed by atoms with Crippen LogP contribution in [-0.2, 0) is 16.2 Å². The van der Waals surface area contributed by atoms with Crippen LogP contribution in [0.4, 0.5) is 10.1 Å². The lowest BCUT2D eigenvalue weighted by Gasteiger charge is -2.13. The van der Waals surface area contributed by atoms with Gasteiger partial charge in [0.25, 0.3) is 0 Å². The second kappa shape index (κ2) is 11.4. The summed E-state index contributed by atoms with van der Waals surface area (Å²) in [7, 11) is 1.49. The summed E-state index contributed by atoms with van der Waals surface area (Å²) >= 11 is 3.44. The molecule has 0 aliphatic rings. The van der Waals surface area contributed by atoms with Crippen LogP contribution in [0.15, 0.2) is 64.2 Å². The average Bonchev–Trinajstić information content (AvgIpc) is 2.78. The van der Waals surface area contributed by atoms with E-state index in [2.05, 4.69) is 31.8 Å². The van der Waals surface area contributed by atoms with Gasteiger partial charge in [0.15, 0.2) is 11.5 Å². The fourth-order valence-corrected chi connectivity index (χ4v) is 3.72. The van der Waals surface area contributed by atoms with Crippen LogP contribution in [-0.4, -0.2) is 25.1 Å². The highest BCUT2D eigenvalue weighted by molar-refractivity contribution is 9.10. The Hall–Kier alpha value is -3.72. The first kappa shape index (κ1) is 24.9. The summed E-state index contributed by atoms with van der Waals surface area (Å²) in [6.07, 6.45) is 1.37. The third-order valence-corrected chi connectivity index (χ3v) is 5.20. The minimum absolute atomic E-state index is 0.217. The molecule has 0 unspecified atom stereocenters. The van der Waals surface area contributed by atoms with Gasteiger partial charge in [-0.25, -0.2) is 9.82 Å². The Bertz CT molecular complexity index is 1210. The maximum atomic E-state index is 13.1. The van der Waals surface area contributed by atoms with Crippen LogP contribution in [0.1, 0.15) is 22.3 Å². The molecule has 0 spiro atoms. The number of ether oxygens (including phenoxy) is 2. The highest BCUT2D eigenvalue weighted by Gasteiger charge is 2.14. The summed E-state index contributed by atoms with van der Waals surface area (Å²) in [5.74, 6) is -1.16. The zero-order valence-electron chi connectivity index (χ0n) is 18.8. The van der Waals surface area contributed by atoms with Gasteiger partial charge in [-0.05, 0) is 88.4 Å². The number of carbonyl (C=O) groups excluding carboxylic acids is 2. The van der Waals surface area contributed by atoms with Gasteiger partial charge in [-0.2, -0.15) is 5.10 Å². The van der Waals surface area contributed by atoms with Crippen molar-refractivity contribution >= 4 is 39.6 Å². The largest absolute Gasteiger partial charge is 0.493 e. The average molecular weight is 528 g/mol. The normalized spacial score (nSPS) is 10.7. The smallest absolute Gasteiger partial charge is 0.329 e. The van der Waals surface area contributed by atoms with E-state index in [0.717, 1.165) is 16.7 Å². The molecule has 0 bridgehead atoms. The number of nitrogens with zero attached hydrogens (tertiary/aromatic N) is 1. The van der Waals surface area contributed by atoms with Crippen molar-refractivity contribution in [1.29, 1.82) is 0 Å². The summed E-state index contributed by atoms with van der Waals surface area (Å²) in [6, 6.07) is 14.9. The number of halogens is 2. The number of hydrogen-bond acceptors (Lipinski definition) is 5. The number of hydrogen-bond donors (Lipinski definition) is 2. The van der Waals surface area contributed by atoms with Crippen molar-refractivity contribution in [3.63, 3.8) is 0 Å². The molecular formula is C25H23BrFN3O4. The lowest BCUT2D eigenvalue weighted by Crippen LogP contribution is -2.32. The summed E-state index contributed by atoms with van der Waals surface area (Å²) < 4.78 is 24.9. The van der Waals surface area contributed by atoms with Crippen molar-refractivity contribution < 1.29 is 23.5 Å². The molecule has 0 atom stereocenters. The lowest BCUT2D eigenvalue weighted by atomic mass is 10.1. The fraction of sp³-hybridized carbons (Fsp3) is 0.160. The first-order valence-corrected chi connectivity index (χ1v) is 11.0. The molecule has 0 aliphatic heterocycles. The molecule has 34 heavy (non-hydrogen) atoms. The van der Waals surface area contributed by atoms with Gasteiger partial charge in [0, 0.05) is 5.69 Å². The maximum Gasteiger partial charge on any atom is 0.329 e. The lowest BCUT2D eigenvalue weighted by molar-refractivity contribution is -0.136. The Morgan fingerprint density at radius 1 is 1.03 bits per heavy atom. The third kappa shape index (κ3) is 6.89. The minimum atomic E-state index is -0.902. The number of hydrazone groups is 1. The second-order valence-electron chi connectivity index (χ2n) is 7.48. The molecule has 2 amide bonds. The van der Waals surface area contributed by atoms with Crippen LogP contribution in [0.2, 0.25) is 0 Å². The molecule has 0 fully saturated rings. The Morgan fingerprint density at radius 2 is 1.71 bits per heavy atom. The summed E-state index contributed by atoms with van der Waals surface area (Å²) in [5.41, 5.74) is 6.06. The summed E-state index contributed by atoms with van der Waals surface area (Å²) in [4.78, 5) is 24.2. The van der Waals surface area contributed by atoms with Gasteiger partial charge in [0.1, 0.15) is 12.4 Å². The van der Waals surface area contributed by atoms with E-state index in [0.29, 0.717) is 27.2 Å². The molecule has 3 rings (SSSR count). The zero-order valence-corrected chi connectivity index (χ0v) is 20.4. The van der Waals surface area contributed by atoms with E-state index < -0.39 is 11.8 Å². The number of carbonyl (C=O) groups is 2. The van der Waals surface area contributed by atoms with E-state index in [1.54, 1.807) is 36.4 Å². The van der Waals surface area contributed by atoms with Crippen molar-refractivity contribution in [3.8, 4) is 11.5 Å². The minimum Gasteiger partial charge on any atom is -0.493 e. The zero-order chi connectivity index (χ0) is 24.7. The second-order valence-corrected chi connectivity index (χ2v) is 8.33. The third-order valence-electron chi connectivity index (χ3n) is 4.61. The molecular weight excluding hydrogens is 505 g/mol. The Balaban J connectivity index is 1.62. The number of amides is 2. The van der Waals surface area contributed by atoms with E-state index >= 15 is 0 Å². The molecule has 0 aromatic heterocycles. The summed E-state index contributed by atoms with van der Waals surface area (Å²) in [6.45, 7) is 4.02. The van der Waals surface area contributed by atoms with Crippen LogP contribution in [0.3, 0.4) is 0 Å². The van der Waals surface area contributed by atoms with Crippen molar-refractivity contribution in [1.82, 2.24) is 5.43 Å². The molecule has 0 saturated heterocycles. The maximum absolute atomic E-state index is 13.1. The molecule has 176 valence electrons. The number of aryl methyl sites for hydroxylation is 2. The van der Waals surface area contributed by atoms with Gasteiger partial charge < -0.3 is 14.8 Å². The number of nitrogens with one attached hydrogen (secondary N) is 2. The van der Waals surface area contributed by atoms with Gasteiger partial charge in [-0.15, -0.1) is 0 Å². The van der Waals surface area contributed by atoms with E-state index in [9.17, 15) is 14.0 Å². The molecule has 3 aromatic carbocycles. The topological polar surface area (TPSA) is 89.0 Å². The fourth-order valence-electron chi connectivity index (χ4n) is 3.14. The Labute approximate surface area is 205 Å². The van der Waals surface area contributed by atoms with Crippen LogP contribution < -0.4 is 20.2 Å². The quantitative estimate of drug-likeness (QED) is 0.260. The highest BCUT2D eigenvalue weighted by atomic mass is 79.9. The monoisotopic (exact) mass is 527 g/mol. The van der Waals surface area contributed by atoms with Crippen molar-refractivity contribution in [2.75, 3.05) is 12.4 Å². The van der Waals surface area contributed by atoms with E-state index in [1.165, 1.54) is 25.5 Å². The van der Waals surface area contributed by atoms with Crippen LogP contribution in [0.5, 0.6) is 11.5 Å². The van der Waals surface area contributed by atoms with Crippen LogP contribution in [0, 0.1) is 19.7 Å². The first-order chi connectivity index (χ1) is 16.2. The SMILES string of the molecule is COc1cc(/C=N/NC(=O)C(=O)Nc2cc(C)cc(C)c2)cc(Br)c1OCc1ccc(F)cc1. The molecule has 2 N–H and O–H groups in total. The predicted molar refractivity (Wildman–Crippen MR) is 132 cm³/mol. The van der Waals surface area contributed by atoms with Gasteiger partial charge in [-0.1, -0.05) is 18.2 Å². The first-order valence-electron chi connectivity index (χ1n) is 10.2. The van der Waals surface area contributed by atoms with E-state index in [1.807, 2.05) is 19.9 Å². The number of rotatable bonds is 7. The van der Waals surface area contributed by atoms with E-state index in [-0.39, 0.29) is 12.4 Å². The van der Waals surface area contributed by atoms with Crippen molar-refractivity contribution in [2.45, 2.75) is 20.5 Å². The number of benzene rings is 3. The van der Waals surface area contributed by atoms with Crippen LogP contribution >= 0.6 is 15.9 Å². The number of anilines is 1. The standard InChI is InChI=1S/C25H23BrFN3O4/c1-15-8-16(2)10-20(9-15)29-24(31)25(32)30-28-13-18-11-21(26)23(22(12-18)33-3)34-14-17-4-6-19(27)7-5-17/h4-13H,14H2,1-3H3,(H,29,31)(H,30,32)/b28-13+. The highest BCUT2D eigenvalue weighted by Crippen LogP contribution is 2.36. The molecule has 7 nitrogen and oxygen atoms in total. The van der Waals surface area contributed by atoms with Crippen molar-refractivity contribution in [2.24, 2.45) is 5.10 Å². The molecule has 0 radical (unpaired) electrons. The van der Waals surface area contributed by atoms with Crippen molar-refractivity contribution in [3.05, 3.63) is 87.1 Å². The Morgan fingerprint density at radius 3 is 2.35 bits per heavy atom. The van der Waals surface area contributed by atoms with Gasteiger partial charge in [0.2, 0.25) is 0 Å². The Kier molecular flexibility index (Phi) is 8.37. The molecule has 9 heteroatoms. The molecule has 0 heterocycles. The molecule has 0 aliphatic carbocycles. The molecule has 3 aromatic rings. The summed E-state index contributed by atoms with van der Waals surface area (Å²) in [5, 5.41) is 6.40. The van der Waals surface area contributed by atoms with E-state index in [4.69, 9.17) is 9.47 Å². The molecule has 0 saturated carbocycles. The van der Waals surface area contributed by atoms with Gasteiger partial charge >= 0.3 is 11.8 Å². The van der Waals surface area contributed by atoms with Gasteiger partial charge in [-0.3, -0.25) is 9.59 Å². The van der Waals surface area contributed by atoms with Crippen LogP contribution in [0.25, 0.3) is 0 Å². The number of methoxy groups -OCH3 is 1.